The van der Waals surface area contributed by atoms with E-state index in [0.29, 0.717) is 17.3 Å². The summed E-state index contributed by atoms with van der Waals surface area (Å²) in [6.07, 6.45) is 1.98. The quantitative estimate of drug-likeness (QED) is 0.615. The number of benzene rings is 2. The predicted octanol–water partition coefficient (Wildman–Crippen LogP) is 4.44. The molecule has 0 fully saturated rings. The average molecular weight is 391 g/mol. The van der Waals surface area contributed by atoms with Gasteiger partial charge in [-0.3, -0.25) is 4.79 Å². The molecule has 29 heavy (non-hydrogen) atoms. The van der Waals surface area contributed by atoms with Gasteiger partial charge in [0.1, 0.15) is 5.82 Å². The SMILES string of the molecule is CCN(c1ccccc1)c1ccc(NC(=O)Cc2ccc(OC)c(OC)c2)nc1. The second kappa shape index (κ2) is 9.59. The molecule has 3 rings (SSSR count). The summed E-state index contributed by atoms with van der Waals surface area (Å²) >= 11 is 0. The maximum absolute atomic E-state index is 12.4. The highest BCUT2D eigenvalue weighted by molar-refractivity contribution is 5.91. The highest BCUT2D eigenvalue weighted by Gasteiger charge is 2.11. The highest BCUT2D eigenvalue weighted by Crippen LogP contribution is 2.28. The first-order chi connectivity index (χ1) is 14.1. The van der Waals surface area contributed by atoms with Crippen molar-refractivity contribution < 1.29 is 14.3 Å². The second-order valence-corrected chi connectivity index (χ2v) is 6.40. The van der Waals surface area contributed by atoms with Crippen LogP contribution in [-0.4, -0.2) is 31.7 Å². The number of pyridine rings is 1. The molecular formula is C23H25N3O3. The topological polar surface area (TPSA) is 63.7 Å². The molecule has 0 radical (unpaired) electrons. The number of nitrogens with one attached hydrogen (secondary N) is 1. The van der Waals surface area contributed by atoms with Crippen LogP contribution >= 0.6 is 0 Å². The van der Waals surface area contributed by atoms with Crippen molar-refractivity contribution in [1.82, 2.24) is 4.98 Å². The Kier molecular flexibility index (Phi) is 6.68. The first-order valence-corrected chi connectivity index (χ1v) is 9.44. The van der Waals surface area contributed by atoms with Crippen LogP contribution in [0.25, 0.3) is 0 Å². The molecule has 0 saturated carbocycles. The van der Waals surface area contributed by atoms with Gasteiger partial charge in [0, 0.05) is 12.2 Å². The lowest BCUT2D eigenvalue weighted by molar-refractivity contribution is -0.115. The molecule has 0 aliphatic rings. The maximum Gasteiger partial charge on any atom is 0.229 e. The van der Waals surface area contributed by atoms with Crippen LogP contribution in [0.5, 0.6) is 11.5 Å². The van der Waals surface area contributed by atoms with E-state index >= 15 is 0 Å². The van der Waals surface area contributed by atoms with Crippen LogP contribution in [-0.2, 0) is 11.2 Å². The van der Waals surface area contributed by atoms with Crippen molar-refractivity contribution >= 4 is 23.1 Å². The normalized spacial score (nSPS) is 10.3. The predicted molar refractivity (Wildman–Crippen MR) is 115 cm³/mol. The Bertz CT molecular complexity index is 943. The van der Waals surface area contributed by atoms with Gasteiger partial charge in [-0.05, 0) is 48.9 Å². The number of para-hydroxylation sites is 1. The molecule has 150 valence electrons. The van der Waals surface area contributed by atoms with Crippen molar-refractivity contribution in [2.45, 2.75) is 13.3 Å². The van der Waals surface area contributed by atoms with Crippen molar-refractivity contribution in [2.75, 3.05) is 31.0 Å². The molecule has 6 heteroatoms. The number of carbonyl (C=O) groups is 1. The van der Waals surface area contributed by atoms with Crippen molar-refractivity contribution in [3.63, 3.8) is 0 Å². The maximum atomic E-state index is 12.4. The van der Waals surface area contributed by atoms with Gasteiger partial charge < -0.3 is 19.7 Å². The van der Waals surface area contributed by atoms with Crippen LogP contribution in [0.15, 0.2) is 66.9 Å². The van der Waals surface area contributed by atoms with Gasteiger partial charge in [0.2, 0.25) is 5.91 Å². The Balaban J connectivity index is 1.66. The van der Waals surface area contributed by atoms with Crippen molar-refractivity contribution in [3.05, 3.63) is 72.4 Å². The Morgan fingerprint density at radius 1 is 0.966 bits per heavy atom. The number of carbonyl (C=O) groups excluding carboxylic acids is 1. The fraction of sp³-hybridized carbons (Fsp3) is 0.217. The largest absolute Gasteiger partial charge is 0.493 e. The Morgan fingerprint density at radius 2 is 1.72 bits per heavy atom. The molecule has 1 aromatic heterocycles. The van der Waals surface area contributed by atoms with Crippen LogP contribution in [0.1, 0.15) is 12.5 Å². The zero-order valence-corrected chi connectivity index (χ0v) is 16.9. The van der Waals surface area contributed by atoms with E-state index in [1.807, 2.05) is 36.4 Å². The number of rotatable bonds is 8. The van der Waals surface area contributed by atoms with E-state index in [9.17, 15) is 4.79 Å². The highest BCUT2D eigenvalue weighted by atomic mass is 16.5. The standard InChI is InChI=1S/C23H25N3O3/c1-4-26(18-8-6-5-7-9-18)19-11-13-22(24-16-19)25-23(27)15-17-10-12-20(28-2)21(14-17)29-3/h5-14,16H,4,15H2,1-3H3,(H,24,25,27). The molecule has 6 nitrogen and oxygen atoms in total. The number of aromatic nitrogens is 1. The van der Waals surface area contributed by atoms with Gasteiger partial charge in [-0.2, -0.15) is 0 Å². The third kappa shape index (κ3) is 5.04. The van der Waals surface area contributed by atoms with Crippen LogP contribution in [0, 0.1) is 0 Å². The van der Waals surface area contributed by atoms with E-state index in [1.165, 1.54) is 0 Å². The molecule has 0 unspecified atom stereocenters. The Hall–Kier alpha value is -3.54. The number of amides is 1. The van der Waals surface area contributed by atoms with E-state index in [1.54, 1.807) is 32.5 Å². The minimum Gasteiger partial charge on any atom is -0.493 e. The summed E-state index contributed by atoms with van der Waals surface area (Å²) in [4.78, 5) is 19.0. The summed E-state index contributed by atoms with van der Waals surface area (Å²) in [5, 5.41) is 2.84. The lowest BCUT2D eigenvalue weighted by Crippen LogP contribution is -2.17. The fourth-order valence-electron chi connectivity index (χ4n) is 3.10. The number of anilines is 3. The number of methoxy groups -OCH3 is 2. The molecule has 2 aromatic carbocycles. The number of nitrogens with zero attached hydrogens (tertiary/aromatic N) is 2. The van der Waals surface area contributed by atoms with Crippen LogP contribution in [0.2, 0.25) is 0 Å². The monoisotopic (exact) mass is 391 g/mol. The summed E-state index contributed by atoms with van der Waals surface area (Å²) in [5.74, 6) is 1.60. The van der Waals surface area contributed by atoms with Gasteiger partial charge in [0.25, 0.3) is 0 Å². The minimum absolute atomic E-state index is 0.145. The van der Waals surface area contributed by atoms with Gasteiger partial charge in [0.15, 0.2) is 11.5 Å². The summed E-state index contributed by atoms with van der Waals surface area (Å²) in [6, 6.07) is 19.3. The number of hydrogen-bond acceptors (Lipinski definition) is 5. The number of ether oxygens (including phenoxy) is 2. The number of hydrogen-bond donors (Lipinski definition) is 1. The molecule has 0 bridgehead atoms. The zero-order chi connectivity index (χ0) is 20.6. The van der Waals surface area contributed by atoms with E-state index in [-0.39, 0.29) is 12.3 Å². The van der Waals surface area contributed by atoms with Gasteiger partial charge in [0.05, 0.1) is 32.5 Å². The van der Waals surface area contributed by atoms with Gasteiger partial charge in [-0.15, -0.1) is 0 Å². The molecule has 1 N–H and O–H groups in total. The molecule has 0 atom stereocenters. The van der Waals surface area contributed by atoms with E-state index in [0.717, 1.165) is 23.5 Å². The van der Waals surface area contributed by atoms with Crippen molar-refractivity contribution in [3.8, 4) is 11.5 Å². The Morgan fingerprint density at radius 3 is 2.34 bits per heavy atom. The molecule has 1 amide bonds. The Labute approximate surface area is 171 Å². The van der Waals surface area contributed by atoms with Gasteiger partial charge in [-0.1, -0.05) is 24.3 Å². The second-order valence-electron chi connectivity index (χ2n) is 6.40. The molecule has 0 spiro atoms. The molecule has 0 aliphatic heterocycles. The third-order valence-electron chi connectivity index (χ3n) is 4.52. The summed E-state index contributed by atoms with van der Waals surface area (Å²) in [5.41, 5.74) is 2.90. The van der Waals surface area contributed by atoms with E-state index in [2.05, 4.69) is 34.3 Å². The van der Waals surface area contributed by atoms with Crippen LogP contribution in [0.4, 0.5) is 17.2 Å². The molecule has 1 heterocycles. The first-order valence-electron chi connectivity index (χ1n) is 9.44. The molecule has 3 aromatic rings. The van der Waals surface area contributed by atoms with Crippen LogP contribution in [0.3, 0.4) is 0 Å². The van der Waals surface area contributed by atoms with Gasteiger partial charge in [-0.25, -0.2) is 4.98 Å². The van der Waals surface area contributed by atoms with E-state index < -0.39 is 0 Å². The lowest BCUT2D eigenvalue weighted by atomic mass is 10.1. The molecular weight excluding hydrogens is 366 g/mol. The zero-order valence-electron chi connectivity index (χ0n) is 16.9. The third-order valence-corrected chi connectivity index (χ3v) is 4.52. The molecule has 0 aliphatic carbocycles. The fourth-order valence-corrected chi connectivity index (χ4v) is 3.10. The average Bonchev–Trinajstić information content (AvgIpc) is 2.76. The van der Waals surface area contributed by atoms with Crippen LogP contribution < -0.4 is 19.7 Å². The summed E-state index contributed by atoms with van der Waals surface area (Å²) < 4.78 is 10.5. The van der Waals surface area contributed by atoms with E-state index in [4.69, 9.17) is 9.47 Å². The van der Waals surface area contributed by atoms with Crippen molar-refractivity contribution in [2.24, 2.45) is 0 Å². The van der Waals surface area contributed by atoms with Crippen molar-refractivity contribution in [1.29, 1.82) is 0 Å². The summed E-state index contributed by atoms with van der Waals surface area (Å²) in [6.45, 7) is 2.91. The molecule has 0 saturated heterocycles. The smallest absolute Gasteiger partial charge is 0.229 e. The summed E-state index contributed by atoms with van der Waals surface area (Å²) in [7, 11) is 3.15. The van der Waals surface area contributed by atoms with Gasteiger partial charge >= 0.3 is 0 Å². The minimum atomic E-state index is -0.145. The lowest BCUT2D eigenvalue weighted by Gasteiger charge is -2.23. The first kappa shape index (κ1) is 20.2.